The minimum absolute atomic E-state index is 0.168. The highest BCUT2D eigenvalue weighted by Gasteiger charge is 2.11. The SMILES string of the molecule is C[C@H](Cc1cnccn1)NC(=O)COc1ccc(F)cc1F. The summed E-state index contributed by atoms with van der Waals surface area (Å²) in [6.45, 7) is 1.46. The number of amides is 1. The molecule has 2 aromatic rings. The van der Waals surface area contributed by atoms with Crippen molar-refractivity contribution in [2.24, 2.45) is 0 Å². The molecule has 7 heteroatoms. The van der Waals surface area contributed by atoms with E-state index >= 15 is 0 Å². The minimum atomic E-state index is -0.847. The Morgan fingerprint density at radius 1 is 1.36 bits per heavy atom. The summed E-state index contributed by atoms with van der Waals surface area (Å²) in [6.07, 6.45) is 5.28. The Balaban J connectivity index is 1.80. The number of hydrogen-bond donors (Lipinski definition) is 1. The second-order valence-corrected chi connectivity index (χ2v) is 4.73. The molecule has 0 aliphatic carbocycles. The number of halogens is 2. The van der Waals surface area contributed by atoms with E-state index in [9.17, 15) is 13.6 Å². The van der Waals surface area contributed by atoms with Crippen LogP contribution in [0.1, 0.15) is 12.6 Å². The van der Waals surface area contributed by atoms with Crippen LogP contribution in [0.25, 0.3) is 0 Å². The van der Waals surface area contributed by atoms with Crippen LogP contribution in [0.2, 0.25) is 0 Å². The van der Waals surface area contributed by atoms with Crippen molar-refractivity contribution in [1.82, 2.24) is 15.3 Å². The van der Waals surface area contributed by atoms with Crippen molar-refractivity contribution in [1.29, 1.82) is 0 Å². The maximum atomic E-state index is 13.3. The molecule has 0 saturated heterocycles. The van der Waals surface area contributed by atoms with E-state index in [4.69, 9.17) is 4.74 Å². The molecular formula is C15H15F2N3O2. The first kappa shape index (κ1) is 15.8. The molecule has 116 valence electrons. The standard InChI is InChI=1S/C15H15F2N3O2/c1-10(6-12-8-18-4-5-19-12)20-15(21)9-22-14-3-2-11(16)7-13(14)17/h2-5,7-8,10H,6,9H2,1H3,(H,20,21)/t10-/m1/s1. The van der Waals surface area contributed by atoms with Crippen LogP contribution in [0.5, 0.6) is 5.75 Å². The monoisotopic (exact) mass is 307 g/mol. The zero-order valence-electron chi connectivity index (χ0n) is 11.9. The van der Waals surface area contributed by atoms with E-state index in [-0.39, 0.29) is 18.4 Å². The quantitative estimate of drug-likeness (QED) is 0.885. The molecular weight excluding hydrogens is 292 g/mol. The minimum Gasteiger partial charge on any atom is -0.481 e. The second kappa shape index (κ2) is 7.44. The van der Waals surface area contributed by atoms with Crippen molar-refractivity contribution in [2.45, 2.75) is 19.4 Å². The summed E-state index contributed by atoms with van der Waals surface area (Å²) in [5, 5.41) is 2.70. The van der Waals surface area contributed by atoms with Gasteiger partial charge in [0.2, 0.25) is 0 Å². The van der Waals surface area contributed by atoms with E-state index in [0.29, 0.717) is 12.5 Å². The molecule has 1 amide bonds. The number of hydrogen-bond acceptors (Lipinski definition) is 4. The molecule has 1 aromatic carbocycles. The lowest BCUT2D eigenvalue weighted by Crippen LogP contribution is -2.37. The Hall–Kier alpha value is -2.57. The van der Waals surface area contributed by atoms with Gasteiger partial charge < -0.3 is 10.1 Å². The third kappa shape index (κ3) is 4.76. The highest BCUT2D eigenvalue weighted by Crippen LogP contribution is 2.17. The molecule has 5 nitrogen and oxygen atoms in total. The molecule has 0 unspecified atom stereocenters. The third-order valence-electron chi connectivity index (χ3n) is 2.79. The molecule has 0 saturated carbocycles. The second-order valence-electron chi connectivity index (χ2n) is 4.73. The van der Waals surface area contributed by atoms with Gasteiger partial charge in [0.05, 0.1) is 5.69 Å². The summed E-state index contributed by atoms with van der Waals surface area (Å²) in [7, 11) is 0. The number of nitrogens with one attached hydrogen (secondary N) is 1. The van der Waals surface area contributed by atoms with Gasteiger partial charge >= 0.3 is 0 Å². The average molecular weight is 307 g/mol. The van der Waals surface area contributed by atoms with Gasteiger partial charge in [0, 0.05) is 37.1 Å². The van der Waals surface area contributed by atoms with E-state index in [1.807, 2.05) is 6.92 Å². The van der Waals surface area contributed by atoms with E-state index in [1.165, 1.54) is 0 Å². The Kier molecular flexibility index (Phi) is 5.35. The molecule has 1 atom stereocenters. The Bertz CT molecular complexity index is 638. The summed E-state index contributed by atoms with van der Waals surface area (Å²) >= 11 is 0. The van der Waals surface area contributed by atoms with Gasteiger partial charge in [-0.25, -0.2) is 8.78 Å². The summed E-state index contributed by atoms with van der Waals surface area (Å²) in [5.41, 5.74) is 0.751. The third-order valence-corrected chi connectivity index (χ3v) is 2.79. The fraction of sp³-hybridized carbons (Fsp3) is 0.267. The molecule has 0 spiro atoms. The summed E-state index contributed by atoms with van der Waals surface area (Å²) < 4.78 is 31.1. The van der Waals surface area contributed by atoms with E-state index < -0.39 is 17.5 Å². The Labute approximate surface area is 126 Å². The fourth-order valence-corrected chi connectivity index (χ4v) is 1.85. The molecule has 0 aliphatic rings. The molecule has 1 heterocycles. The number of ether oxygens (including phenoxy) is 1. The van der Waals surface area contributed by atoms with Crippen molar-refractivity contribution in [3.05, 3.63) is 54.1 Å². The largest absolute Gasteiger partial charge is 0.481 e. The first-order valence-corrected chi connectivity index (χ1v) is 6.66. The van der Waals surface area contributed by atoms with Gasteiger partial charge in [-0.3, -0.25) is 14.8 Å². The first-order valence-electron chi connectivity index (χ1n) is 6.66. The smallest absolute Gasteiger partial charge is 0.258 e. The highest BCUT2D eigenvalue weighted by molar-refractivity contribution is 5.77. The van der Waals surface area contributed by atoms with Gasteiger partial charge in [0.15, 0.2) is 18.2 Å². The lowest BCUT2D eigenvalue weighted by atomic mass is 10.2. The molecule has 1 aromatic heterocycles. The summed E-state index contributed by atoms with van der Waals surface area (Å²) in [4.78, 5) is 19.8. The highest BCUT2D eigenvalue weighted by atomic mass is 19.1. The number of carbonyl (C=O) groups excluding carboxylic acids is 1. The fourth-order valence-electron chi connectivity index (χ4n) is 1.85. The van der Waals surface area contributed by atoms with E-state index in [0.717, 1.165) is 17.8 Å². The normalized spacial score (nSPS) is 11.8. The van der Waals surface area contributed by atoms with E-state index in [1.54, 1.807) is 18.6 Å². The Morgan fingerprint density at radius 3 is 2.86 bits per heavy atom. The molecule has 0 bridgehead atoms. The molecule has 2 rings (SSSR count). The zero-order valence-corrected chi connectivity index (χ0v) is 11.9. The number of carbonyl (C=O) groups is 1. The molecule has 22 heavy (non-hydrogen) atoms. The van der Waals surface area contributed by atoms with Crippen molar-refractivity contribution >= 4 is 5.91 Å². The predicted octanol–water partition coefficient (Wildman–Crippen LogP) is 1.88. The van der Waals surface area contributed by atoms with Crippen LogP contribution < -0.4 is 10.1 Å². The maximum Gasteiger partial charge on any atom is 0.258 e. The van der Waals surface area contributed by atoms with Crippen LogP contribution in [0.4, 0.5) is 8.78 Å². The van der Waals surface area contributed by atoms with Gasteiger partial charge in [-0.15, -0.1) is 0 Å². The van der Waals surface area contributed by atoms with Crippen LogP contribution in [0, 0.1) is 11.6 Å². The van der Waals surface area contributed by atoms with Gasteiger partial charge in [-0.2, -0.15) is 0 Å². The predicted molar refractivity (Wildman–Crippen MR) is 75.2 cm³/mol. The maximum absolute atomic E-state index is 13.3. The van der Waals surface area contributed by atoms with Gasteiger partial charge in [0.25, 0.3) is 5.91 Å². The molecule has 0 aliphatic heterocycles. The first-order chi connectivity index (χ1) is 10.5. The van der Waals surface area contributed by atoms with Crippen molar-refractivity contribution in [2.75, 3.05) is 6.61 Å². The van der Waals surface area contributed by atoms with Crippen LogP contribution in [0.15, 0.2) is 36.8 Å². The molecule has 1 N–H and O–H groups in total. The van der Waals surface area contributed by atoms with Crippen molar-refractivity contribution in [3.63, 3.8) is 0 Å². The lowest BCUT2D eigenvalue weighted by molar-refractivity contribution is -0.123. The van der Waals surface area contributed by atoms with Gasteiger partial charge in [-0.05, 0) is 19.1 Å². The molecule has 0 fully saturated rings. The number of benzene rings is 1. The van der Waals surface area contributed by atoms with Crippen LogP contribution in [-0.2, 0) is 11.2 Å². The van der Waals surface area contributed by atoms with Gasteiger partial charge in [0.1, 0.15) is 5.82 Å². The van der Waals surface area contributed by atoms with Crippen LogP contribution in [-0.4, -0.2) is 28.5 Å². The lowest BCUT2D eigenvalue weighted by Gasteiger charge is -2.14. The number of rotatable bonds is 6. The average Bonchev–Trinajstić information content (AvgIpc) is 2.47. The number of aromatic nitrogens is 2. The summed E-state index contributed by atoms with van der Waals surface area (Å²) in [5.74, 6) is -2.12. The topological polar surface area (TPSA) is 64.1 Å². The molecule has 0 radical (unpaired) electrons. The van der Waals surface area contributed by atoms with Crippen molar-refractivity contribution < 1.29 is 18.3 Å². The van der Waals surface area contributed by atoms with Crippen LogP contribution >= 0.6 is 0 Å². The summed E-state index contributed by atoms with van der Waals surface area (Å²) in [6, 6.07) is 2.73. The number of nitrogens with zero attached hydrogens (tertiary/aromatic N) is 2. The van der Waals surface area contributed by atoms with Gasteiger partial charge in [-0.1, -0.05) is 0 Å². The van der Waals surface area contributed by atoms with Crippen molar-refractivity contribution in [3.8, 4) is 5.75 Å². The van der Waals surface area contributed by atoms with Crippen LogP contribution in [0.3, 0.4) is 0 Å². The Morgan fingerprint density at radius 2 is 2.18 bits per heavy atom. The zero-order chi connectivity index (χ0) is 15.9. The van der Waals surface area contributed by atoms with E-state index in [2.05, 4.69) is 15.3 Å².